The molecule has 0 unspecified atom stereocenters. The maximum Gasteiger partial charge on any atom is 0.208 e. The van der Waals surface area contributed by atoms with Crippen molar-refractivity contribution in [2.75, 3.05) is 0 Å². The van der Waals surface area contributed by atoms with E-state index < -0.39 is 0 Å². The van der Waals surface area contributed by atoms with Gasteiger partial charge in [0.25, 0.3) is 0 Å². The lowest BCUT2D eigenvalue weighted by molar-refractivity contribution is 0.813. The van der Waals surface area contributed by atoms with Crippen LogP contribution in [-0.4, -0.2) is 23.5 Å². The predicted octanol–water partition coefficient (Wildman–Crippen LogP) is 1.39. The minimum Gasteiger partial charge on any atom is -0.217 e. The molecular formula is C6H6ClN5S. The van der Waals surface area contributed by atoms with Crippen LogP contribution in [0.25, 0.3) is 5.82 Å². The monoisotopic (exact) mass is 215 g/mol. The number of nitrogens with zero attached hydrogens (tertiary/aromatic N) is 5. The molecule has 0 aliphatic carbocycles. The van der Waals surface area contributed by atoms with Crippen molar-refractivity contribution in [1.29, 1.82) is 0 Å². The van der Waals surface area contributed by atoms with E-state index in [2.05, 4.69) is 18.8 Å². The molecule has 0 amide bonds. The van der Waals surface area contributed by atoms with E-state index in [9.17, 15) is 0 Å². The summed E-state index contributed by atoms with van der Waals surface area (Å²) in [4.78, 5) is 4.14. The van der Waals surface area contributed by atoms with Gasteiger partial charge in [0.15, 0.2) is 5.15 Å². The minimum absolute atomic E-state index is 0.359. The zero-order valence-corrected chi connectivity index (χ0v) is 8.59. The normalized spacial score (nSPS) is 10.7. The van der Waals surface area contributed by atoms with Gasteiger partial charge in [-0.2, -0.15) is 13.4 Å². The quantitative estimate of drug-likeness (QED) is 0.722. The lowest BCUT2D eigenvalue weighted by Crippen LogP contribution is -2.00. The van der Waals surface area contributed by atoms with Crippen LogP contribution in [0.5, 0.6) is 0 Å². The van der Waals surface area contributed by atoms with Crippen LogP contribution in [0.2, 0.25) is 5.15 Å². The fourth-order valence-corrected chi connectivity index (χ4v) is 1.72. The van der Waals surface area contributed by atoms with Gasteiger partial charge in [0.1, 0.15) is 11.6 Å². The lowest BCUT2D eigenvalue weighted by atomic mass is 10.6. The lowest BCUT2D eigenvalue weighted by Gasteiger charge is -1.95. The Labute approximate surface area is 83.7 Å². The van der Waals surface area contributed by atoms with Crippen molar-refractivity contribution in [1.82, 2.24) is 23.5 Å². The van der Waals surface area contributed by atoms with Crippen molar-refractivity contribution in [3.8, 4) is 5.82 Å². The summed E-state index contributed by atoms with van der Waals surface area (Å²) in [6, 6.07) is 0. The Bertz CT molecular complexity index is 434. The SMILES string of the molecule is Cc1nc(C)n(-c2nsnc2Cl)n1. The summed E-state index contributed by atoms with van der Waals surface area (Å²) >= 11 is 6.86. The van der Waals surface area contributed by atoms with E-state index in [-0.39, 0.29) is 0 Å². The number of halogens is 1. The highest BCUT2D eigenvalue weighted by atomic mass is 35.5. The van der Waals surface area contributed by atoms with Crippen LogP contribution >= 0.6 is 23.3 Å². The largest absolute Gasteiger partial charge is 0.217 e. The first-order chi connectivity index (χ1) is 6.18. The van der Waals surface area contributed by atoms with Gasteiger partial charge in [-0.25, -0.2) is 4.98 Å². The Hall–Kier alpha value is -1.01. The van der Waals surface area contributed by atoms with Gasteiger partial charge in [-0.1, -0.05) is 11.6 Å². The fraction of sp³-hybridized carbons (Fsp3) is 0.333. The second-order valence-corrected chi connectivity index (χ2v) is 3.38. The van der Waals surface area contributed by atoms with Crippen LogP contribution in [0.4, 0.5) is 0 Å². The standard InChI is InChI=1S/C6H6ClN5S/c1-3-8-4(2)12(9-3)6-5(7)10-13-11-6/h1-2H3. The van der Waals surface area contributed by atoms with Crippen molar-refractivity contribution in [2.45, 2.75) is 13.8 Å². The van der Waals surface area contributed by atoms with Gasteiger partial charge >= 0.3 is 0 Å². The Morgan fingerprint density at radius 1 is 1.31 bits per heavy atom. The summed E-state index contributed by atoms with van der Waals surface area (Å²) in [5.74, 6) is 2.00. The highest BCUT2D eigenvalue weighted by Crippen LogP contribution is 2.17. The molecule has 0 saturated heterocycles. The second kappa shape index (κ2) is 3.04. The van der Waals surface area contributed by atoms with Crippen molar-refractivity contribution in [2.24, 2.45) is 0 Å². The van der Waals surface area contributed by atoms with Crippen LogP contribution in [0, 0.1) is 13.8 Å². The molecule has 5 nitrogen and oxygen atoms in total. The highest BCUT2D eigenvalue weighted by Gasteiger charge is 2.12. The molecule has 0 saturated carbocycles. The van der Waals surface area contributed by atoms with Crippen LogP contribution in [0.3, 0.4) is 0 Å². The van der Waals surface area contributed by atoms with Crippen LogP contribution in [0.15, 0.2) is 0 Å². The van der Waals surface area contributed by atoms with E-state index in [0.29, 0.717) is 16.8 Å². The molecule has 68 valence electrons. The molecule has 2 aromatic heterocycles. The maximum absolute atomic E-state index is 5.80. The average Bonchev–Trinajstić information content (AvgIpc) is 2.58. The van der Waals surface area contributed by atoms with Gasteiger partial charge in [0.05, 0.1) is 11.7 Å². The van der Waals surface area contributed by atoms with E-state index in [1.165, 1.54) is 0 Å². The highest BCUT2D eigenvalue weighted by molar-refractivity contribution is 6.99. The number of hydrogen-bond donors (Lipinski definition) is 0. The molecule has 13 heavy (non-hydrogen) atoms. The first-order valence-electron chi connectivity index (χ1n) is 3.57. The second-order valence-electron chi connectivity index (χ2n) is 2.50. The summed E-state index contributed by atoms with van der Waals surface area (Å²) in [5.41, 5.74) is 0. The third kappa shape index (κ3) is 1.42. The van der Waals surface area contributed by atoms with Gasteiger partial charge in [-0.05, 0) is 13.8 Å². The fourth-order valence-electron chi connectivity index (χ4n) is 1.02. The molecule has 0 bridgehead atoms. The molecule has 0 N–H and O–H groups in total. The summed E-state index contributed by atoms with van der Waals surface area (Å²) in [6.45, 7) is 3.66. The number of hydrogen-bond acceptors (Lipinski definition) is 5. The van der Waals surface area contributed by atoms with Crippen molar-refractivity contribution in [3.63, 3.8) is 0 Å². The maximum atomic E-state index is 5.80. The third-order valence-corrected chi connectivity index (χ3v) is 2.38. The van der Waals surface area contributed by atoms with Gasteiger partial charge in [-0.15, -0.1) is 5.10 Å². The van der Waals surface area contributed by atoms with E-state index in [4.69, 9.17) is 11.6 Å². The first kappa shape index (κ1) is 8.58. The molecule has 0 spiro atoms. The minimum atomic E-state index is 0.359. The Morgan fingerprint density at radius 2 is 2.08 bits per heavy atom. The molecule has 2 rings (SSSR count). The Balaban J connectivity index is 2.58. The van der Waals surface area contributed by atoms with Crippen molar-refractivity contribution < 1.29 is 0 Å². The summed E-state index contributed by atoms with van der Waals surface area (Å²) in [5, 5.41) is 4.50. The van der Waals surface area contributed by atoms with Crippen LogP contribution in [-0.2, 0) is 0 Å². The number of aryl methyl sites for hydroxylation is 2. The Kier molecular flexibility index (Phi) is 2.01. The van der Waals surface area contributed by atoms with Gasteiger partial charge in [0, 0.05) is 0 Å². The topological polar surface area (TPSA) is 56.5 Å². The van der Waals surface area contributed by atoms with Gasteiger partial charge in [-0.3, -0.25) is 0 Å². The van der Waals surface area contributed by atoms with Crippen LogP contribution < -0.4 is 0 Å². The number of aromatic nitrogens is 5. The molecule has 0 aliphatic heterocycles. The zero-order valence-electron chi connectivity index (χ0n) is 7.02. The average molecular weight is 216 g/mol. The van der Waals surface area contributed by atoms with E-state index >= 15 is 0 Å². The molecule has 0 aliphatic rings. The first-order valence-corrected chi connectivity index (χ1v) is 4.68. The van der Waals surface area contributed by atoms with E-state index in [1.54, 1.807) is 4.68 Å². The zero-order chi connectivity index (χ0) is 9.42. The molecule has 0 atom stereocenters. The molecule has 2 heterocycles. The number of rotatable bonds is 1. The summed E-state index contributed by atoms with van der Waals surface area (Å²) < 4.78 is 9.45. The Morgan fingerprint density at radius 3 is 2.54 bits per heavy atom. The van der Waals surface area contributed by atoms with E-state index in [0.717, 1.165) is 17.6 Å². The van der Waals surface area contributed by atoms with E-state index in [1.807, 2.05) is 13.8 Å². The predicted molar refractivity (Wildman–Crippen MR) is 49.3 cm³/mol. The smallest absolute Gasteiger partial charge is 0.208 e. The molecule has 0 radical (unpaired) electrons. The summed E-state index contributed by atoms with van der Waals surface area (Å²) in [6.07, 6.45) is 0. The van der Waals surface area contributed by atoms with Crippen molar-refractivity contribution >= 4 is 23.3 Å². The third-order valence-electron chi connectivity index (χ3n) is 1.51. The molecule has 2 aromatic rings. The molecule has 7 heteroatoms. The summed E-state index contributed by atoms with van der Waals surface area (Å²) in [7, 11) is 0. The molecule has 0 aromatic carbocycles. The van der Waals surface area contributed by atoms with Crippen LogP contribution in [0.1, 0.15) is 11.6 Å². The van der Waals surface area contributed by atoms with Crippen molar-refractivity contribution in [3.05, 3.63) is 16.8 Å². The molecular weight excluding hydrogens is 210 g/mol. The molecule has 0 fully saturated rings. The van der Waals surface area contributed by atoms with Gasteiger partial charge < -0.3 is 0 Å². The van der Waals surface area contributed by atoms with Gasteiger partial charge in [0.2, 0.25) is 5.82 Å².